The molecule has 1 saturated heterocycles. The number of nitrogens with zero attached hydrogens (tertiary/aromatic N) is 2. The Morgan fingerprint density at radius 1 is 1.25 bits per heavy atom. The lowest BCUT2D eigenvalue weighted by Gasteiger charge is -2.40. The lowest BCUT2D eigenvalue weighted by Crippen LogP contribution is -2.53. The van der Waals surface area contributed by atoms with Crippen LogP contribution in [0.1, 0.15) is 31.1 Å². The van der Waals surface area contributed by atoms with Crippen LogP contribution < -0.4 is 0 Å². The maximum Gasteiger partial charge on any atom is 0.169 e. The van der Waals surface area contributed by atoms with E-state index in [-0.39, 0.29) is 11.2 Å². The standard InChI is InChI=1S/C17H26N2O/c1-14-12-19(11-10-18(14)4)13-17(2,3)16(20)15-8-6-5-7-9-15/h5-9,14H,10-13H2,1-4H3. The van der Waals surface area contributed by atoms with Gasteiger partial charge in [-0.2, -0.15) is 0 Å². The van der Waals surface area contributed by atoms with E-state index in [2.05, 4.69) is 37.6 Å². The normalized spacial score (nSPS) is 21.9. The van der Waals surface area contributed by atoms with Crippen molar-refractivity contribution in [3.8, 4) is 0 Å². The van der Waals surface area contributed by atoms with E-state index in [0.29, 0.717) is 6.04 Å². The van der Waals surface area contributed by atoms with Gasteiger partial charge in [0, 0.05) is 43.2 Å². The molecule has 0 N–H and O–H groups in total. The molecule has 1 aromatic rings. The first-order chi connectivity index (χ1) is 9.40. The molecule has 0 aromatic heterocycles. The molecule has 1 aliphatic heterocycles. The second-order valence-electron chi connectivity index (χ2n) is 6.64. The Hall–Kier alpha value is -1.19. The summed E-state index contributed by atoms with van der Waals surface area (Å²) in [5.41, 5.74) is 0.483. The van der Waals surface area contributed by atoms with E-state index in [0.717, 1.165) is 31.7 Å². The van der Waals surface area contributed by atoms with Gasteiger partial charge in [-0.05, 0) is 14.0 Å². The maximum atomic E-state index is 12.6. The predicted octanol–water partition coefficient (Wildman–Crippen LogP) is 2.53. The van der Waals surface area contributed by atoms with E-state index in [1.54, 1.807) is 0 Å². The zero-order chi connectivity index (χ0) is 14.8. The van der Waals surface area contributed by atoms with E-state index in [1.165, 1.54) is 0 Å². The molecule has 1 aromatic carbocycles. The summed E-state index contributed by atoms with van der Waals surface area (Å²) in [5.74, 6) is 0.240. The van der Waals surface area contributed by atoms with Crippen molar-refractivity contribution in [3.63, 3.8) is 0 Å². The number of ketones is 1. The van der Waals surface area contributed by atoms with Crippen molar-refractivity contribution in [2.45, 2.75) is 26.8 Å². The smallest absolute Gasteiger partial charge is 0.169 e. The molecule has 0 saturated carbocycles. The molecule has 1 fully saturated rings. The molecule has 0 radical (unpaired) electrons. The fourth-order valence-electron chi connectivity index (χ4n) is 2.88. The average Bonchev–Trinajstić information content (AvgIpc) is 2.43. The van der Waals surface area contributed by atoms with Gasteiger partial charge in [0.15, 0.2) is 5.78 Å². The summed E-state index contributed by atoms with van der Waals surface area (Å²) in [6.45, 7) is 10.4. The van der Waals surface area contributed by atoms with Crippen molar-refractivity contribution in [3.05, 3.63) is 35.9 Å². The van der Waals surface area contributed by atoms with Gasteiger partial charge in [0.05, 0.1) is 0 Å². The zero-order valence-electron chi connectivity index (χ0n) is 13.1. The fourth-order valence-corrected chi connectivity index (χ4v) is 2.88. The summed E-state index contributed by atoms with van der Waals surface area (Å²) in [5, 5.41) is 0. The van der Waals surface area contributed by atoms with Gasteiger partial charge < -0.3 is 4.90 Å². The highest BCUT2D eigenvalue weighted by Crippen LogP contribution is 2.24. The van der Waals surface area contributed by atoms with Crippen molar-refractivity contribution < 1.29 is 4.79 Å². The van der Waals surface area contributed by atoms with Crippen molar-refractivity contribution in [1.29, 1.82) is 0 Å². The Balaban J connectivity index is 2.02. The van der Waals surface area contributed by atoms with Crippen LogP contribution in [0.2, 0.25) is 0 Å². The van der Waals surface area contributed by atoms with E-state index in [4.69, 9.17) is 0 Å². The molecule has 0 bridgehead atoms. The molecule has 1 heterocycles. The highest BCUT2D eigenvalue weighted by Gasteiger charge is 2.32. The summed E-state index contributed by atoms with van der Waals surface area (Å²) in [4.78, 5) is 17.4. The van der Waals surface area contributed by atoms with Crippen LogP contribution in [0.4, 0.5) is 0 Å². The molecule has 0 aliphatic carbocycles. The number of piperazine rings is 1. The minimum absolute atomic E-state index is 0.240. The fraction of sp³-hybridized carbons (Fsp3) is 0.588. The number of likely N-dealkylation sites (N-methyl/N-ethyl adjacent to an activating group) is 1. The zero-order valence-corrected chi connectivity index (χ0v) is 13.1. The van der Waals surface area contributed by atoms with Gasteiger partial charge in [-0.25, -0.2) is 0 Å². The first-order valence-electron chi connectivity index (χ1n) is 7.42. The molecule has 20 heavy (non-hydrogen) atoms. The third-order valence-corrected chi connectivity index (χ3v) is 4.31. The minimum Gasteiger partial charge on any atom is -0.301 e. The lowest BCUT2D eigenvalue weighted by atomic mass is 9.83. The first kappa shape index (κ1) is 15.2. The summed E-state index contributed by atoms with van der Waals surface area (Å²) in [6, 6.07) is 10.2. The van der Waals surface area contributed by atoms with Gasteiger partial charge in [-0.1, -0.05) is 44.2 Å². The van der Waals surface area contributed by atoms with Gasteiger partial charge in [0.1, 0.15) is 0 Å². The molecule has 1 unspecified atom stereocenters. The Kier molecular flexibility index (Phi) is 4.61. The highest BCUT2D eigenvalue weighted by molar-refractivity contribution is 6.00. The SMILES string of the molecule is CC1CN(CC(C)(C)C(=O)c2ccccc2)CCN1C. The summed E-state index contributed by atoms with van der Waals surface area (Å²) in [6.07, 6.45) is 0. The number of hydrogen-bond donors (Lipinski definition) is 0. The van der Waals surface area contributed by atoms with Crippen LogP contribution in [-0.4, -0.2) is 54.9 Å². The van der Waals surface area contributed by atoms with Crippen molar-refractivity contribution in [1.82, 2.24) is 9.80 Å². The van der Waals surface area contributed by atoms with E-state index >= 15 is 0 Å². The highest BCUT2D eigenvalue weighted by atomic mass is 16.1. The maximum absolute atomic E-state index is 12.6. The number of rotatable bonds is 4. The predicted molar refractivity (Wildman–Crippen MR) is 83.1 cm³/mol. The van der Waals surface area contributed by atoms with Gasteiger partial charge in [-0.3, -0.25) is 9.69 Å². The summed E-state index contributed by atoms with van der Waals surface area (Å²) >= 11 is 0. The van der Waals surface area contributed by atoms with Gasteiger partial charge in [0.2, 0.25) is 0 Å². The van der Waals surface area contributed by atoms with Crippen LogP contribution in [0.15, 0.2) is 30.3 Å². The molecule has 3 heteroatoms. The Labute approximate surface area is 122 Å². The van der Waals surface area contributed by atoms with E-state index in [1.807, 2.05) is 30.3 Å². The molecule has 0 amide bonds. The lowest BCUT2D eigenvalue weighted by molar-refractivity contribution is 0.0590. The number of Topliss-reactive ketones (excluding diaryl/α,β-unsaturated/α-hetero) is 1. The molecule has 2 rings (SSSR count). The monoisotopic (exact) mass is 274 g/mol. The molecule has 1 aliphatic rings. The van der Waals surface area contributed by atoms with Crippen molar-refractivity contribution in [2.75, 3.05) is 33.2 Å². The number of hydrogen-bond acceptors (Lipinski definition) is 3. The Bertz CT molecular complexity index is 455. The van der Waals surface area contributed by atoms with E-state index in [9.17, 15) is 4.79 Å². The summed E-state index contributed by atoms with van der Waals surface area (Å²) in [7, 11) is 2.17. The quantitative estimate of drug-likeness (QED) is 0.788. The van der Waals surface area contributed by atoms with Crippen LogP contribution in [0.25, 0.3) is 0 Å². The largest absolute Gasteiger partial charge is 0.301 e. The second kappa shape index (κ2) is 6.06. The molecule has 110 valence electrons. The summed E-state index contributed by atoms with van der Waals surface area (Å²) < 4.78 is 0. The van der Waals surface area contributed by atoms with Gasteiger partial charge >= 0.3 is 0 Å². The topological polar surface area (TPSA) is 23.6 Å². The second-order valence-corrected chi connectivity index (χ2v) is 6.64. The number of carbonyl (C=O) groups is 1. The molecular formula is C17H26N2O. The minimum atomic E-state index is -0.336. The number of benzene rings is 1. The third-order valence-electron chi connectivity index (χ3n) is 4.31. The molecular weight excluding hydrogens is 248 g/mol. The Morgan fingerprint density at radius 2 is 1.90 bits per heavy atom. The molecule has 0 spiro atoms. The average molecular weight is 274 g/mol. The van der Waals surface area contributed by atoms with Crippen molar-refractivity contribution in [2.24, 2.45) is 5.41 Å². The van der Waals surface area contributed by atoms with Crippen molar-refractivity contribution >= 4 is 5.78 Å². The molecule has 1 atom stereocenters. The van der Waals surface area contributed by atoms with Gasteiger partial charge in [0.25, 0.3) is 0 Å². The van der Waals surface area contributed by atoms with Crippen LogP contribution in [-0.2, 0) is 0 Å². The third kappa shape index (κ3) is 3.47. The molecule has 3 nitrogen and oxygen atoms in total. The van der Waals surface area contributed by atoms with E-state index < -0.39 is 0 Å². The van der Waals surface area contributed by atoms with Crippen LogP contribution >= 0.6 is 0 Å². The number of carbonyl (C=O) groups excluding carboxylic acids is 1. The van der Waals surface area contributed by atoms with Gasteiger partial charge in [-0.15, -0.1) is 0 Å². The van der Waals surface area contributed by atoms with Crippen LogP contribution in [0.3, 0.4) is 0 Å². The Morgan fingerprint density at radius 3 is 2.50 bits per heavy atom. The van der Waals surface area contributed by atoms with Crippen LogP contribution in [0, 0.1) is 5.41 Å². The first-order valence-corrected chi connectivity index (χ1v) is 7.42. The van der Waals surface area contributed by atoms with Crippen LogP contribution in [0.5, 0.6) is 0 Å².